The van der Waals surface area contributed by atoms with Gasteiger partial charge in [-0.2, -0.15) is 0 Å². The molecular formula is C17H25NO2. The molecule has 0 bridgehead atoms. The molecule has 0 aliphatic rings. The molecule has 0 heterocycles. The highest BCUT2D eigenvalue weighted by Crippen LogP contribution is 2.18. The smallest absolute Gasteiger partial charge is 0.320 e. The first-order chi connectivity index (χ1) is 9.47. The summed E-state index contributed by atoms with van der Waals surface area (Å²) in [7, 11) is 0. The number of nitrogens with zero attached hydrogens (tertiary/aromatic N) is 1. The van der Waals surface area contributed by atoms with Gasteiger partial charge in [-0.1, -0.05) is 23.8 Å². The predicted molar refractivity (Wildman–Crippen MR) is 82.8 cm³/mol. The Morgan fingerprint density at radius 2 is 1.90 bits per heavy atom. The molecule has 0 unspecified atom stereocenters. The number of aryl methyl sites for hydroxylation is 3. The molecule has 0 amide bonds. The minimum Gasteiger partial charge on any atom is -0.465 e. The van der Waals surface area contributed by atoms with Crippen LogP contribution < -0.4 is 0 Å². The number of benzene rings is 1. The molecule has 0 aliphatic carbocycles. The second-order valence-electron chi connectivity index (χ2n) is 5.14. The summed E-state index contributed by atoms with van der Waals surface area (Å²) in [5.41, 5.74) is 5.08. The first kappa shape index (κ1) is 16.4. The molecule has 3 nitrogen and oxygen atoms in total. The molecule has 20 heavy (non-hydrogen) atoms. The van der Waals surface area contributed by atoms with Gasteiger partial charge in [0, 0.05) is 13.1 Å². The van der Waals surface area contributed by atoms with E-state index in [1.807, 2.05) is 13.0 Å². The van der Waals surface area contributed by atoms with Gasteiger partial charge in [0.15, 0.2) is 0 Å². The molecule has 1 rings (SSSR count). The van der Waals surface area contributed by atoms with E-state index in [2.05, 4.69) is 44.4 Å². The summed E-state index contributed by atoms with van der Waals surface area (Å²) in [6.45, 7) is 14.0. The van der Waals surface area contributed by atoms with E-state index in [9.17, 15) is 4.79 Å². The molecule has 0 fully saturated rings. The van der Waals surface area contributed by atoms with Crippen molar-refractivity contribution in [2.45, 2.75) is 34.2 Å². The third-order valence-electron chi connectivity index (χ3n) is 3.27. The summed E-state index contributed by atoms with van der Waals surface area (Å²) in [5, 5.41) is 0. The molecule has 0 radical (unpaired) electrons. The van der Waals surface area contributed by atoms with Crippen LogP contribution in [0.4, 0.5) is 0 Å². The first-order valence-corrected chi connectivity index (χ1v) is 7.03. The highest BCUT2D eigenvalue weighted by Gasteiger charge is 2.13. The van der Waals surface area contributed by atoms with Crippen LogP contribution in [0.15, 0.2) is 24.8 Å². The van der Waals surface area contributed by atoms with Gasteiger partial charge in [-0.3, -0.25) is 9.69 Å². The van der Waals surface area contributed by atoms with E-state index in [4.69, 9.17) is 4.74 Å². The fourth-order valence-electron chi connectivity index (χ4n) is 2.44. The lowest BCUT2D eigenvalue weighted by molar-refractivity contribution is -0.144. The van der Waals surface area contributed by atoms with Crippen LogP contribution in [0.25, 0.3) is 0 Å². The van der Waals surface area contributed by atoms with E-state index in [1.165, 1.54) is 22.3 Å². The summed E-state index contributed by atoms with van der Waals surface area (Å²) in [5.74, 6) is -0.184. The SMILES string of the molecule is C=CCN(CC(=O)OCC)Cc1c(C)cc(C)cc1C. The van der Waals surface area contributed by atoms with Gasteiger partial charge in [0.25, 0.3) is 0 Å². The lowest BCUT2D eigenvalue weighted by Gasteiger charge is -2.22. The lowest BCUT2D eigenvalue weighted by Crippen LogP contribution is -2.31. The number of carbonyl (C=O) groups is 1. The normalized spacial score (nSPS) is 10.7. The summed E-state index contributed by atoms with van der Waals surface area (Å²) in [6.07, 6.45) is 1.82. The molecular weight excluding hydrogens is 250 g/mol. The van der Waals surface area contributed by atoms with E-state index in [1.54, 1.807) is 0 Å². The van der Waals surface area contributed by atoms with Crippen LogP contribution >= 0.6 is 0 Å². The maximum atomic E-state index is 11.6. The van der Waals surface area contributed by atoms with E-state index in [0.29, 0.717) is 19.7 Å². The second-order valence-corrected chi connectivity index (χ2v) is 5.14. The molecule has 1 aromatic carbocycles. The molecule has 3 heteroatoms. The molecule has 0 spiro atoms. The second kappa shape index (κ2) is 7.85. The van der Waals surface area contributed by atoms with Gasteiger partial charge in [0.2, 0.25) is 0 Å². The standard InChI is InChI=1S/C17H25NO2/c1-6-8-18(12-17(19)20-7-2)11-16-14(4)9-13(3)10-15(16)5/h6,9-10H,1,7-8,11-12H2,2-5H3. The summed E-state index contributed by atoms with van der Waals surface area (Å²) in [6, 6.07) is 4.36. The number of hydrogen-bond acceptors (Lipinski definition) is 3. The molecule has 0 saturated heterocycles. The summed E-state index contributed by atoms with van der Waals surface area (Å²) in [4.78, 5) is 13.7. The van der Waals surface area contributed by atoms with Crippen molar-refractivity contribution in [3.05, 3.63) is 47.0 Å². The zero-order chi connectivity index (χ0) is 15.1. The molecule has 110 valence electrons. The monoisotopic (exact) mass is 275 g/mol. The van der Waals surface area contributed by atoms with E-state index >= 15 is 0 Å². The fraction of sp³-hybridized carbons (Fsp3) is 0.471. The molecule has 0 saturated carbocycles. The number of ether oxygens (including phenoxy) is 1. The van der Waals surface area contributed by atoms with Crippen molar-refractivity contribution in [1.82, 2.24) is 4.90 Å². The Labute approximate surface area is 122 Å². The number of carbonyl (C=O) groups excluding carboxylic acids is 1. The van der Waals surface area contributed by atoms with Gasteiger partial charge in [-0.15, -0.1) is 6.58 Å². The van der Waals surface area contributed by atoms with Crippen molar-refractivity contribution >= 4 is 5.97 Å². The third kappa shape index (κ3) is 4.82. The van der Waals surface area contributed by atoms with Crippen molar-refractivity contribution in [2.24, 2.45) is 0 Å². The summed E-state index contributed by atoms with van der Waals surface area (Å²) >= 11 is 0. The predicted octanol–water partition coefficient (Wildman–Crippen LogP) is 3.16. The van der Waals surface area contributed by atoms with Crippen molar-refractivity contribution in [3.63, 3.8) is 0 Å². The minimum absolute atomic E-state index is 0.184. The Morgan fingerprint density at radius 1 is 1.30 bits per heavy atom. The minimum atomic E-state index is -0.184. The Hall–Kier alpha value is -1.61. The van der Waals surface area contributed by atoms with Crippen LogP contribution in [-0.2, 0) is 16.1 Å². The van der Waals surface area contributed by atoms with E-state index < -0.39 is 0 Å². The average Bonchev–Trinajstić information content (AvgIpc) is 2.34. The zero-order valence-electron chi connectivity index (χ0n) is 13.0. The number of esters is 1. The van der Waals surface area contributed by atoms with Crippen molar-refractivity contribution < 1.29 is 9.53 Å². The Kier molecular flexibility index (Phi) is 6.46. The van der Waals surface area contributed by atoms with Crippen molar-refractivity contribution in [1.29, 1.82) is 0 Å². The largest absolute Gasteiger partial charge is 0.465 e. The van der Waals surface area contributed by atoms with Crippen LogP contribution in [-0.4, -0.2) is 30.6 Å². The average molecular weight is 275 g/mol. The Bertz CT molecular complexity index is 457. The molecule has 0 aromatic heterocycles. The van der Waals surface area contributed by atoms with Crippen LogP contribution in [0, 0.1) is 20.8 Å². The highest BCUT2D eigenvalue weighted by atomic mass is 16.5. The zero-order valence-corrected chi connectivity index (χ0v) is 13.0. The molecule has 0 N–H and O–H groups in total. The Morgan fingerprint density at radius 3 is 2.40 bits per heavy atom. The van der Waals surface area contributed by atoms with Crippen molar-refractivity contribution in [3.8, 4) is 0 Å². The third-order valence-corrected chi connectivity index (χ3v) is 3.27. The van der Waals surface area contributed by atoms with Crippen LogP contribution in [0.3, 0.4) is 0 Å². The number of rotatable bonds is 7. The van der Waals surface area contributed by atoms with Crippen LogP contribution in [0.5, 0.6) is 0 Å². The van der Waals surface area contributed by atoms with Gasteiger partial charge >= 0.3 is 5.97 Å². The first-order valence-electron chi connectivity index (χ1n) is 7.03. The topological polar surface area (TPSA) is 29.5 Å². The maximum absolute atomic E-state index is 11.6. The maximum Gasteiger partial charge on any atom is 0.320 e. The van der Waals surface area contributed by atoms with Gasteiger partial charge < -0.3 is 4.74 Å². The lowest BCUT2D eigenvalue weighted by atomic mass is 9.99. The Balaban J connectivity index is 2.85. The quantitative estimate of drug-likeness (QED) is 0.565. The van der Waals surface area contributed by atoms with Crippen LogP contribution in [0.2, 0.25) is 0 Å². The van der Waals surface area contributed by atoms with Gasteiger partial charge in [0.1, 0.15) is 0 Å². The number of hydrogen-bond donors (Lipinski definition) is 0. The van der Waals surface area contributed by atoms with Gasteiger partial charge in [0.05, 0.1) is 13.2 Å². The van der Waals surface area contributed by atoms with E-state index in [-0.39, 0.29) is 5.97 Å². The summed E-state index contributed by atoms with van der Waals surface area (Å²) < 4.78 is 5.02. The van der Waals surface area contributed by atoms with Crippen LogP contribution in [0.1, 0.15) is 29.2 Å². The van der Waals surface area contributed by atoms with Gasteiger partial charge in [-0.25, -0.2) is 0 Å². The molecule has 1 aromatic rings. The van der Waals surface area contributed by atoms with Gasteiger partial charge in [-0.05, 0) is 44.4 Å². The highest BCUT2D eigenvalue weighted by molar-refractivity contribution is 5.71. The molecule has 0 aliphatic heterocycles. The fourth-order valence-corrected chi connectivity index (χ4v) is 2.44. The molecule has 0 atom stereocenters. The van der Waals surface area contributed by atoms with E-state index in [0.717, 1.165) is 6.54 Å². The van der Waals surface area contributed by atoms with Crippen molar-refractivity contribution in [2.75, 3.05) is 19.7 Å².